The van der Waals surface area contributed by atoms with Gasteiger partial charge in [-0.25, -0.2) is 0 Å². The number of piperidine rings is 1. The lowest BCUT2D eigenvalue weighted by Crippen LogP contribution is -2.45. The normalized spacial score (nSPS) is 21.9. The van der Waals surface area contributed by atoms with Crippen LogP contribution in [0.25, 0.3) is 0 Å². The van der Waals surface area contributed by atoms with Gasteiger partial charge in [-0.1, -0.05) is 0 Å². The Bertz CT molecular complexity index is 482. The van der Waals surface area contributed by atoms with Crippen molar-refractivity contribution in [2.75, 3.05) is 18.4 Å². The molecule has 112 valence electrons. The van der Waals surface area contributed by atoms with Crippen LogP contribution in [0.15, 0.2) is 12.4 Å². The molecule has 8 heteroatoms. The van der Waals surface area contributed by atoms with Crippen LogP contribution >= 0.6 is 12.4 Å². The van der Waals surface area contributed by atoms with Crippen molar-refractivity contribution in [2.45, 2.75) is 26.3 Å². The van der Waals surface area contributed by atoms with Crippen molar-refractivity contribution in [3.8, 4) is 0 Å². The summed E-state index contributed by atoms with van der Waals surface area (Å²) in [6.45, 7) is 3.59. The molecule has 0 bridgehead atoms. The first-order valence-electron chi connectivity index (χ1n) is 6.32. The summed E-state index contributed by atoms with van der Waals surface area (Å²) in [7, 11) is 0. The summed E-state index contributed by atoms with van der Waals surface area (Å²) < 4.78 is 1.40. The first-order valence-corrected chi connectivity index (χ1v) is 6.32. The molecule has 1 aliphatic heterocycles. The average Bonchev–Trinajstić information content (AvgIpc) is 2.76. The number of rotatable bonds is 4. The average molecular weight is 302 g/mol. The Morgan fingerprint density at radius 1 is 1.60 bits per heavy atom. The van der Waals surface area contributed by atoms with Crippen LogP contribution in [0.4, 0.5) is 5.69 Å². The van der Waals surface area contributed by atoms with E-state index in [2.05, 4.69) is 15.7 Å². The van der Waals surface area contributed by atoms with E-state index in [1.807, 2.05) is 6.92 Å². The first-order chi connectivity index (χ1) is 8.99. The maximum absolute atomic E-state index is 12.2. The summed E-state index contributed by atoms with van der Waals surface area (Å²) in [5.41, 5.74) is 5.26. The molecular weight excluding hydrogens is 282 g/mol. The second-order valence-electron chi connectivity index (χ2n) is 5.19. The molecule has 7 nitrogen and oxygen atoms in total. The predicted octanol–water partition coefficient (Wildman–Crippen LogP) is 0.118. The second-order valence-corrected chi connectivity index (χ2v) is 5.19. The highest BCUT2D eigenvalue weighted by atomic mass is 35.5. The fourth-order valence-corrected chi connectivity index (χ4v) is 2.21. The lowest BCUT2D eigenvalue weighted by Gasteiger charge is -2.32. The van der Waals surface area contributed by atoms with Gasteiger partial charge in [0, 0.05) is 12.7 Å². The van der Waals surface area contributed by atoms with Gasteiger partial charge in [-0.15, -0.1) is 12.4 Å². The monoisotopic (exact) mass is 301 g/mol. The largest absolute Gasteiger partial charge is 0.368 e. The van der Waals surface area contributed by atoms with E-state index in [1.54, 1.807) is 6.20 Å². The third-order valence-corrected chi connectivity index (χ3v) is 3.35. The van der Waals surface area contributed by atoms with Crippen LogP contribution in [0.2, 0.25) is 0 Å². The van der Waals surface area contributed by atoms with E-state index in [-0.39, 0.29) is 24.9 Å². The summed E-state index contributed by atoms with van der Waals surface area (Å²) in [6.07, 6.45) is 4.97. The van der Waals surface area contributed by atoms with Crippen LogP contribution in [0, 0.1) is 5.41 Å². The van der Waals surface area contributed by atoms with Gasteiger partial charge in [0.15, 0.2) is 0 Å². The van der Waals surface area contributed by atoms with Crippen LogP contribution in [0.1, 0.15) is 19.8 Å². The standard InChI is InChI=1S/C12H19N5O2.ClH/c1-12(3-2-4-14-8-12)11(19)16-9-5-15-17(6-9)7-10(13)18;/h5-6,14H,2-4,7-8H2,1H3,(H2,13,18)(H,16,19);1H. The number of hydrogen-bond acceptors (Lipinski definition) is 4. The van der Waals surface area contributed by atoms with Crippen LogP contribution in [-0.2, 0) is 16.1 Å². The van der Waals surface area contributed by atoms with Gasteiger partial charge in [-0.2, -0.15) is 5.10 Å². The number of halogens is 1. The Morgan fingerprint density at radius 3 is 2.95 bits per heavy atom. The van der Waals surface area contributed by atoms with Crippen molar-refractivity contribution in [1.82, 2.24) is 15.1 Å². The van der Waals surface area contributed by atoms with E-state index >= 15 is 0 Å². The highest BCUT2D eigenvalue weighted by molar-refractivity contribution is 5.95. The van der Waals surface area contributed by atoms with Crippen molar-refractivity contribution in [3.63, 3.8) is 0 Å². The zero-order chi connectivity index (χ0) is 13.9. The minimum absolute atomic E-state index is 0. The smallest absolute Gasteiger partial charge is 0.239 e. The molecule has 0 aliphatic carbocycles. The number of hydrogen-bond donors (Lipinski definition) is 3. The molecule has 2 amide bonds. The van der Waals surface area contributed by atoms with Gasteiger partial charge in [-0.3, -0.25) is 14.3 Å². The van der Waals surface area contributed by atoms with E-state index < -0.39 is 11.3 Å². The van der Waals surface area contributed by atoms with Gasteiger partial charge in [-0.05, 0) is 26.3 Å². The SMILES string of the molecule is CC1(C(=O)Nc2cnn(CC(N)=O)c2)CCCNC1.Cl. The summed E-state index contributed by atoms with van der Waals surface area (Å²) in [5.74, 6) is -0.497. The Balaban J connectivity index is 0.00000200. The van der Waals surface area contributed by atoms with Crippen LogP contribution in [0.3, 0.4) is 0 Å². The molecule has 0 radical (unpaired) electrons. The molecule has 1 unspecified atom stereocenters. The molecule has 2 heterocycles. The van der Waals surface area contributed by atoms with Crippen LogP contribution < -0.4 is 16.4 Å². The number of nitrogens with two attached hydrogens (primary N) is 1. The number of carbonyl (C=O) groups excluding carboxylic acids is 2. The fraction of sp³-hybridized carbons (Fsp3) is 0.583. The molecule has 1 aromatic rings. The van der Waals surface area contributed by atoms with Gasteiger partial charge in [0.2, 0.25) is 11.8 Å². The van der Waals surface area contributed by atoms with E-state index in [1.165, 1.54) is 10.9 Å². The molecule has 0 aromatic carbocycles. The third kappa shape index (κ3) is 3.94. The molecule has 1 aliphatic rings. The van der Waals surface area contributed by atoms with Crippen LogP contribution in [0.5, 0.6) is 0 Å². The highest BCUT2D eigenvalue weighted by Gasteiger charge is 2.34. The van der Waals surface area contributed by atoms with Gasteiger partial charge < -0.3 is 16.4 Å². The molecule has 4 N–H and O–H groups in total. The summed E-state index contributed by atoms with van der Waals surface area (Å²) in [4.78, 5) is 23.0. The van der Waals surface area contributed by atoms with Crippen molar-refractivity contribution in [2.24, 2.45) is 11.1 Å². The molecule has 0 spiro atoms. The minimum atomic E-state index is -0.468. The topological polar surface area (TPSA) is 102 Å². The van der Waals surface area contributed by atoms with Crippen molar-refractivity contribution in [1.29, 1.82) is 0 Å². The molecule has 2 rings (SSSR count). The van der Waals surface area contributed by atoms with Crippen molar-refractivity contribution < 1.29 is 9.59 Å². The molecule has 0 saturated carbocycles. The Kier molecular flexibility index (Phi) is 5.52. The van der Waals surface area contributed by atoms with Crippen molar-refractivity contribution >= 4 is 29.9 Å². The summed E-state index contributed by atoms with van der Waals surface area (Å²) in [5, 5.41) is 10.0. The van der Waals surface area contributed by atoms with Crippen molar-refractivity contribution in [3.05, 3.63) is 12.4 Å². The second kappa shape index (κ2) is 6.71. The molecule has 1 fully saturated rings. The van der Waals surface area contributed by atoms with Gasteiger partial charge in [0.25, 0.3) is 0 Å². The number of primary amides is 1. The van der Waals surface area contributed by atoms with Gasteiger partial charge >= 0.3 is 0 Å². The number of nitrogens with one attached hydrogen (secondary N) is 2. The number of carbonyl (C=O) groups is 2. The Morgan fingerprint density at radius 2 is 2.35 bits per heavy atom. The lowest BCUT2D eigenvalue weighted by atomic mass is 9.82. The number of aromatic nitrogens is 2. The quantitative estimate of drug-likeness (QED) is 0.735. The number of anilines is 1. The fourth-order valence-electron chi connectivity index (χ4n) is 2.21. The van der Waals surface area contributed by atoms with E-state index in [0.29, 0.717) is 12.2 Å². The van der Waals surface area contributed by atoms with Gasteiger partial charge in [0.05, 0.1) is 17.3 Å². The lowest BCUT2D eigenvalue weighted by molar-refractivity contribution is -0.125. The van der Waals surface area contributed by atoms with E-state index in [0.717, 1.165) is 19.4 Å². The maximum Gasteiger partial charge on any atom is 0.239 e. The number of nitrogens with zero attached hydrogens (tertiary/aromatic N) is 2. The summed E-state index contributed by atoms with van der Waals surface area (Å²) >= 11 is 0. The maximum atomic E-state index is 12.2. The molecule has 20 heavy (non-hydrogen) atoms. The predicted molar refractivity (Wildman–Crippen MR) is 77.5 cm³/mol. The summed E-state index contributed by atoms with van der Waals surface area (Å²) in [6, 6.07) is 0. The minimum Gasteiger partial charge on any atom is -0.368 e. The molecule has 1 aromatic heterocycles. The third-order valence-electron chi connectivity index (χ3n) is 3.35. The number of amides is 2. The Labute approximate surface area is 123 Å². The van der Waals surface area contributed by atoms with Crippen LogP contribution in [-0.4, -0.2) is 34.7 Å². The van der Waals surface area contributed by atoms with E-state index in [4.69, 9.17) is 5.73 Å². The zero-order valence-electron chi connectivity index (χ0n) is 11.4. The van der Waals surface area contributed by atoms with E-state index in [9.17, 15) is 9.59 Å². The van der Waals surface area contributed by atoms with Gasteiger partial charge in [0.1, 0.15) is 6.54 Å². The first kappa shape index (κ1) is 16.5. The highest BCUT2D eigenvalue weighted by Crippen LogP contribution is 2.27. The Hall–Kier alpha value is -1.60. The molecule has 1 saturated heterocycles. The zero-order valence-corrected chi connectivity index (χ0v) is 12.2. The molecule has 1 atom stereocenters. The molecular formula is C12H20ClN5O2.